The fourth-order valence-corrected chi connectivity index (χ4v) is 2.98. The molecular formula is C15H16F4O4. The first-order valence-corrected chi connectivity index (χ1v) is 6.87. The van der Waals surface area contributed by atoms with Gasteiger partial charge in [0.2, 0.25) is 0 Å². The maximum Gasteiger partial charge on any atom is 0.417 e. The van der Waals surface area contributed by atoms with Crippen LogP contribution in [0.3, 0.4) is 0 Å². The monoisotopic (exact) mass is 336 g/mol. The average molecular weight is 336 g/mol. The van der Waals surface area contributed by atoms with Crippen molar-refractivity contribution in [3.05, 3.63) is 29.1 Å². The zero-order valence-electron chi connectivity index (χ0n) is 12.6. The van der Waals surface area contributed by atoms with Gasteiger partial charge in [-0.1, -0.05) is 13.0 Å². The third kappa shape index (κ3) is 2.54. The molecule has 1 aromatic rings. The molecule has 2 N–H and O–H groups in total. The Balaban J connectivity index is 2.60. The van der Waals surface area contributed by atoms with Crippen LogP contribution in [-0.4, -0.2) is 34.1 Å². The molecule has 0 bridgehead atoms. The number of carbonyl (C=O) groups is 1. The van der Waals surface area contributed by atoms with Crippen LogP contribution in [-0.2, 0) is 9.53 Å². The lowest BCUT2D eigenvalue weighted by Gasteiger charge is -2.31. The van der Waals surface area contributed by atoms with Crippen molar-refractivity contribution in [2.75, 3.05) is 0 Å². The van der Waals surface area contributed by atoms with E-state index in [1.54, 1.807) is 0 Å². The Morgan fingerprint density at radius 2 is 1.91 bits per heavy atom. The number of alkyl halides is 3. The fourth-order valence-electron chi connectivity index (χ4n) is 2.98. The molecule has 1 aliphatic heterocycles. The number of rotatable bonds is 2. The van der Waals surface area contributed by atoms with E-state index in [1.165, 1.54) is 13.8 Å². The van der Waals surface area contributed by atoms with Crippen molar-refractivity contribution in [2.24, 2.45) is 5.92 Å². The minimum Gasteiger partial charge on any atom is -0.507 e. The molecule has 1 aromatic carbocycles. The summed E-state index contributed by atoms with van der Waals surface area (Å²) < 4.78 is 58.3. The molecule has 0 aliphatic carbocycles. The van der Waals surface area contributed by atoms with Crippen LogP contribution in [0.4, 0.5) is 17.6 Å². The first-order valence-electron chi connectivity index (χ1n) is 6.87. The number of hydrogen-bond donors (Lipinski definition) is 2. The highest BCUT2D eigenvalue weighted by atomic mass is 19.4. The Kier molecular flexibility index (Phi) is 4.09. The summed E-state index contributed by atoms with van der Waals surface area (Å²) in [4.78, 5) is 11.4. The van der Waals surface area contributed by atoms with Crippen LogP contribution in [0.2, 0.25) is 0 Å². The molecule has 23 heavy (non-hydrogen) atoms. The van der Waals surface area contributed by atoms with Crippen molar-refractivity contribution in [1.82, 2.24) is 0 Å². The van der Waals surface area contributed by atoms with Gasteiger partial charge >= 0.3 is 12.1 Å². The summed E-state index contributed by atoms with van der Waals surface area (Å²) in [5.74, 6) is -5.42. The third-order valence-electron chi connectivity index (χ3n) is 4.67. The number of hydrogen-bond acceptors (Lipinski definition) is 3. The molecular weight excluding hydrogens is 320 g/mol. The zero-order chi connectivity index (χ0) is 17.7. The molecule has 0 radical (unpaired) electrons. The smallest absolute Gasteiger partial charge is 0.417 e. The summed E-state index contributed by atoms with van der Waals surface area (Å²) in [6.07, 6.45) is -6.59. The first-order chi connectivity index (χ1) is 10.4. The van der Waals surface area contributed by atoms with Crippen molar-refractivity contribution in [2.45, 2.75) is 44.6 Å². The quantitative estimate of drug-likeness (QED) is 0.813. The molecule has 0 amide bonds. The van der Waals surface area contributed by atoms with Crippen LogP contribution in [0.1, 0.15) is 30.9 Å². The van der Waals surface area contributed by atoms with E-state index in [-0.39, 0.29) is 11.1 Å². The lowest BCUT2D eigenvalue weighted by Crippen LogP contribution is -2.47. The zero-order valence-corrected chi connectivity index (χ0v) is 12.6. The number of phenols is 1. The number of phenolic OH excluding ortho intramolecular Hbond substituents is 1. The fraction of sp³-hybridized carbons (Fsp3) is 0.533. The van der Waals surface area contributed by atoms with Crippen molar-refractivity contribution >= 4 is 5.97 Å². The van der Waals surface area contributed by atoms with Gasteiger partial charge in [0.1, 0.15) is 11.6 Å². The normalized spacial score (nSPS) is 31.3. The van der Waals surface area contributed by atoms with E-state index >= 15 is 0 Å². The SMILES string of the molecule is Cc1c(F)ccc(C2C(C(=O)O)OC(C)(C(F)(F)F)C2C)c1O. The molecule has 0 saturated carbocycles. The molecule has 1 aliphatic rings. The lowest BCUT2D eigenvalue weighted by atomic mass is 9.76. The van der Waals surface area contributed by atoms with E-state index in [1.807, 2.05) is 0 Å². The van der Waals surface area contributed by atoms with Crippen LogP contribution in [0, 0.1) is 18.7 Å². The molecule has 1 heterocycles. The number of aromatic hydroxyl groups is 1. The molecule has 4 nitrogen and oxygen atoms in total. The van der Waals surface area contributed by atoms with Gasteiger partial charge in [-0.3, -0.25) is 0 Å². The van der Waals surface area contributed by atoms with Crippen molar-refractivity contribution in [3.8, 4) is 5.75 Å². The Morgan fingerprint density at radius 3 is 2.39 bits per heavy atom. The summed E-state index contributed by atoms with van der Waals surface area (Å²) in [7, 11) is 0. The van der Waals surface area contributed by atoms with Gasteiger partial charge < -0.3 is 14.9 Å². The number of carboxylic acid groups (broad SMARTS) is 1. The van der Waals surface area contributed by atoms with Crippen molar-refractivity contribution in [3.63, 3.8) is 0 Å². The number of carboxylic acids is 1. The van der Waals surface area contributed by atoms with Crippen LogP contribution in [0.5, 0.6) is 5.75 Å². The standard InChI is InChI=1S/C15H16F4O4/c1-6-9(16)5-4-8(11(6)20)10-7(2)14(3,15(17,18)19)23-12(10)13(21)22/h4-5,7,10,12,20H,1-3H3,(H,21,22). The molecule has 4 atom stereocenters. The maximum absolute atomic E-state index is 13.5. The second-order valence-corrected chi connectivity index (χ2v) is 5.91. The van der Waals surface area contributed by atoms with Crippen molar-refractivity contribution < 1.29 is 37.3 Å². The highest BCUT2D eigenvalue weighted by molar-refractivity contribution is 5.75. The number of halogens is 4. The van der Waals surface area contributed by atoms with E-state index in [9.17, 15) is 32.6 Å². The number of ether oxygens (including phenoxy) is 1. The van der Waals surface area contributed by atoms with Crippen LogP contribution in [0.25, 0.3) is 0 Å². The summed E-state index contributed by atoms with van der Waals surface area (Å²) in [5, 5.41) is 19.3. The first kappa shape index (κ1) is 17.5. The summed E-state index contributed by atoms with van der Waals surface area (Å²) >= 11 is 0. The van der Waals surface area contributed by atoms with Gasteiger partial charge in [0, 0.05) is 23.0 Å². The van der Waals surface area contributed by atoms with Crippen molar-refractivity contribution in [1.29, 1.82) is 0 Å². The summed E-state index contributed by atoms with van der Waals surface area (Å²) in [5.41, 5.74) is -2.91. The van der Waals surface area contributed by atoms with Gasteiger partial charge in [0.05, 0.1) is 0 Å². The van der Waals surface area contributed by atoms with Crippen LogP contribution in [0.15, 0.2) is 12.1 Å². The Bertz CT molecular complexity index is 643. The van der Waals surface area contributed by atoms with Gasteiger partial charge in [-0.05, 0) is 19.9 Å². The maximum atomic E-state index is 13.5. The number of aliphatic carboxylic acids is 1. The Hall–Kier alpha value is -1.83. The van der Waals surface area contributed by atoms with E-state index in [0.717, 1.165) is 19.1 Å². The molecule has 0 spiro atoms. The second-order valence-electron chi connectivity index (χ2n) is 5.91. The second kappa shape index (κ2) is 5.36. The number of benzene rings is 1. The van der Waals surface area contributed by atoms with E-state index in [4.69, 9.17) is 4.74 Å². The largest absolute Gasteiger partial charge is 0.507 e. The third-order valence-corrected chi connectivity index (χ3v) is 4.67. The predicted octanol–water partition coefficient (Wildman–Crippen LogP) is 3.36. The molecule has 0 aromatic heterocycles. The molecule has 1 fully saturated rings. The van der Waals surface area contributed by atoms with Crippen LogP contribution < -0.4 is 0 Å². The summed E-state index contributed by atoms with van der Waals surface area (Å²) in [6.45, 7) is 3.24. The van der Waals surface area contributed by atoms with E-state index in [0.29, 0.717) is 0 Å². The highest BCUT2D eigenvalue weighted by Crippen LogP contribution is 2.54. The molecule has 1 saturated heterocycles. The lowest BCUT2D eigenvalue weighted by molar-refractivity contribution is -0.273. The van der Waals surface area contributed by atoms with Gasteiger partial charge in [-0.2, -0.15) is 13.2 Å². The Labute approximate surface area is 129 Å². The predicted molar refractivity (Wildman–Crippen MR) is 71.7 cm³/mol. The van der Waals surface area contributed by atoms with E-state index in [2.05, 4.69) is 0 Å². The van der Waals surface area contributed by atoms with Gasteiger partial charge in [0.15, 0.2) is 11.7 Å². The molecule has 2 rings (SSSR count). The van der Waals surface area contributed by atoms with Crippen LogP contribution >= 0.6 is 0 Å². The average Bonchev–Trinajstić information content (AvgIpc) is 2.71. The van der Waals surface area contributed by atoms with E-state index < -0.39 is 47.3 Å². The minimum absolute atomic E-state index is 0.0724. The minimum atomic E-state index is -4.79. The summed E-state index contributed by atoms with van der Waals surface area (Å²) in [6, 6.07) is 2.08. The highest BCUT2D eigenvalue weighted by Gasteiger charge is 2.65. The van der Waals surface area contributed by atoms with Gasteiger partial charge in [-0.25, -0.2) is 9.18 Å². The van der Waals surface area contributed by atoms with Gasteiger partial charge in [-0.15, -0.1) is 0 Å². The molecule has 128 valence electrons. The molecule has 8 heteroatoms. The van der Waals surface area contributed by atoms with Gasteiger partial charge in [0.25, 0.3) is 0 Å². The topological polar surface area (TPSA) is 66.8 Å². The molecule has 4 unspecified atom stereocenters. The Morgan fingerprint density at radius 1 is 1.35 bits per heavy atom.